The van der Waals surface area contributed by atoms with Crippen molar-refractivity contribution in [3.8, 4) is 5.75 Å². The number of para-hydroxylation sites is 1. The van der Waals surface area contributed by atoms with Gasteiger partial charge in [-0.2, -0.15) is 0 Å². The molecule has 2 aliphatic carbocycles. The van der Waals surface area contributed by atoms with Crippen LogP contribution in [0.1, 0.15) is 12.8 Å². The lowest BCUT2D eigenvalue weighted by atomic mass is 10.3. The van der Waals surface area contributed by atoms with E-state index >= 15 is 0 Å². The van der Waals surface area contributed by atoms with E-state index < -0.39 is 0 Å². The maximum Gasteiger partial charge on any atom is 0.119 e. The molecule has 0 N–H and O–H groups in total. The molecule has 1 aromatic rings. The van der Waals surface area contributed by atoms with E-state index in [1.807, 2.05) is 30.3 Å². The maximum atomic E-state index is 5.40. The van der Waals surface area contributed by atoms with Crippen LogP contribution in [0.15, 0.2) is 78.9 Å². The molecule has 1 fully saturated rings. The lowest BCUT2D eigenvalue weighted by Crippen LogP contribution is -2.03. The van der Waals surface area contributed by atoms with Crippen molar-refractivity contribution in [2.45, 2.75) is 18.9 Å². The highest BCUT2D eigenvalue weighted by Gasteiger charge is 2.22. The van der Waals surface area contributed by atoms with Crippen LogP contribution in [-0.4, -0.2) is 19.3 Å². The van der Waals surface area contributed by atoms with E-state index in [1.54, 1.807) is 0 Å². The standard InChI is InChI=1S/C9H10O2.2C5H6/c1-2-4-8(5-3-1)10-6-9-7-11-9;2*1-2-4-5-3-1/h1-5,9H,6-7H2;2*1-4H,5H2. The zero-order valence-corrected chi connectivity index (χ0v) is 12.2. The lowest BCUT2D eigenvalue weighted by Gasteiger charge is -2.01. The Morgan fingerprint density at radius 1 is 0.857 bits per heavy atom. The summed E-state index contributed by atoms with van der Waals surface area (Å²) >= 11 is 0. The molecule has 0 amide bonds. The van der Waals surface area contributed by atoms with Crippen molar-refractivity contribution in [2.75, 3.05) is 13.2 Å². The topological polar surface area (TPSA) is 21.8 Å². The second-order valence-corrected chi connectivity index (χ2v) is 4.76. The van der Waals surface area contributed by atoms with Crippen LogP contribution in [-0.2, 0) is 4.74 Å². The molecule has 0 spiro atoms. The van der Waals surface area contributed by atoms with Crippen LogP contribution in [0, 0.1) is 0 Å². The summed E-state index contributed by atoms with van der Waals surface area (Å²) < 4.78 is 10.4. The predicted molar refractivity (Wildman–Crippen MR) is 87.5 cm³/mol. The van der Waals surface area contributed by atoms with Crippen LogP contribution in [0.4, 0.5) is 0 Å². The molecule has 21 heavy (non-hydrogen) atoms. The van der Waals surface area contributed by atoms with Crippen molar-refractivity contribution in [3.05, 3.63) is 78.9 Å². The van der Waals surface area contributed by atoms with E-state index in [9.17, 15) is 0 Å². The van der Waals surface area contributed by atoms with Crippen molar-refractivity contribution in [2.24, 2.45) is 0 Å². The summed E-state index contributed by atoms with van der Waals surface area (Å²) in [6.45, 7) is 1.54. The molecule has 1 heterocycles. The fraction of sp³-hybridized carbons (Fsp3) is 0.263. The fourth-order valence-electron chi connectivity index (χ4n) is 1.66. The Morgan fingerprint density at radius 2 is 1.38 bits per heavy atom. The number of ether oxygens (including phenoxy) is 2. The summed E-state index contributed by atoms with van der Waals surface area (Å²) in [5, 5.41) is 0. The van der Waals surface area contributed by atoms with Crippen LogP contribution in [0.5, 0.6) is 5.75 Å². The third-order valence-electron chi connectivity index (χ3n) is 2.89. The van der Waals surface area contributed by atoms with Crippen LogP contribution in [0.3, 0.4) is 0 Å². The van der Waals surface area contributed by atoms with E-state index in [-0.39, 0.29) is 0 Å². The zero-order valence-electron chi connectivity index (χ0n) is 12.2. The maximum absolute atomic E-state index is 5.40. The highest BCUT2D eigenvalue weighted by Crippen LogP contribution is 2.13. The first-order chi connectivity index (χ1) is 10.4. The van der Waals surface area contributed by atoms with Crippen molar-refractivity contribution >= 4 is 0 Å². The minimum Gasteiger partial charge on any atom is -0.491 e. The normalized spacial score (nSPS) is 19.5. The lowest BCUT2D eigenvalue weighted by molar-refractivity contribution is 0.263. The molecule has 1 saturated heterocycles. The Labute approximate surface area is 127 Å². The number of hydrogen-bond acceptors (Lipinski definition) is 2. The minimum absolute atomic E-state index is 0.343. The minimum atomic E-state index is 0.343. The first-order valence-corrected chi connectivity index (χ1v) is 7.38. The van der Waals surface area contributed by atoms with Crippen molar-refractivity contribution in [3.63, 3.8) is 0 Å². The van der Waals surface area contributed by atoms with Gasteiger partial charge < -0.3 is 9.47 Å². The number of epoxide rings is 1. The Bertz CT molecular complexity index is 452. The monoisotopic (exact) mass is 282 g/mol. The number of rotatable bonds is 3. The Morgan fingerprint density at radius 3 is 1.76 bits per heavy atom. The fourth-order valence-corrected chi connectivity index (χ4v) is 1.66. The van der Waals surface area contributed by atoms with Gasteiger partial charge in [0.25, 0.3) is 0 Å². The van der Waals surface area contributed by atoms with Gasteiger partial charge in [0.15, 0.2) is 0 Å². The third kappa shape index (κ3) is 7.95. The average Bonchev–Trinajstić information content (AvgIpc) is 3.05. The molecule has 110 valence electrons. The Balaban J connectivity index is 0.000000134. The summed E-state index contributed by atoms with van der Waals surface area (Å²) in [7, 11) is 0. The van der Waals surface area contributed by atoms with E-state index in [0.29, 0.717) is 12.7 Å². The SMILES string of the molecule is C1=CCC=C1.C1=CCC=C1.c1ccc(OCC2CO2)cc1. The second kappa shape index (κ2) is 9.78. The Kier molecular flexibility index (Phi) is 7.14. The molecule has 1 aliphatic heterocycles. The van der Waals surface area contributed by atoms with Gasteiger partial charge in [-0.3, -0.25) is 0 Å². The largest absolute Gasteiger partial charge is 0.491 e. The zero-order chi connectivity index (χ0) is 14.6. The van der Waals surface area contributed by atoms with Gasteiger partial charge in [-0.05, 0) is 25.0 Å². The number of benzene rings is 1. The molecule has 0 saturated carbocycles. The first kappa shape index (κ1) is 15.3. The summed E-state index contributed by atoms with van der Waals surface area (Å²) in [5.41, 5.74) is 0. The molecule has 1 aromatic carbocycles. The summed E-state index contributed by atoms with van der Waals surface area (Å²) in [5.74, 6) is 0.919. The van der Waals surface area contributed by atoms with Gasteiger partial charge in [0.2, 0.25) is 0 Å². The molecular weight excluding hydrogens is 260 g/mol. The van der Waals surface area contributed by atoms with Crippen LogP contribution in [0.2, 0.25) is 0 Å². The smallest absolute Gasteiger partial charge is 0.119 e. The molecular formula is C19H22O2. The molecule has 1 unspecified atom stereocenters. The molecule has 0 bridgehead atoms. The van der Waals surface area contributed by atoms with Crippen LogP contribution >= 0.6 is 0 Å². The highest BCUT2D eigenvalue weighted by atomic mass is 16.6. The summed E-state index contributed by atoms with van der Waals surface area (Å²) in [6, 6.07) is 9.79. The quantitative estimate of drug-likeness (QED) is 0.763. The van der Waals surface area contributed by atoms with E-state index in [0.717, 1.165) is 25.2 Å². The van der Waals surface area contributed by atoms with Gasteiger partial charge in [-0.25, -0.2) is 0 Å². The van der Waals surface area contributed by atoms with Crippen molar-refractivity contribution in [1.29, 1.82) is 0 Å². The van der Waals surface area contributed by atoms with Gasteiger partial charge >= 0.3 is 0 Å². The first-order valence-electron chi connectivity index (χ1n) is 7.38. The van der Waals surface area contributed by atoms with Gasteiger partial charge in [0.1, 0.15) is 18.5 Å². The predicted octanol–water partition coefficient (Wildman–Crippen LogP) is 4.47. The number of hydrogen-bond donors (Lipinski definition) is 0. The van der Waals surface area contributed by atoms with Crippen molar-refractivity contribution < 1.29 is 9.47 Å². The van der Waals surface area contributed by atoms with Crippen LogP contribution < -0.4 is 4.74 Å². The van der Waals surface area contributed by atoms with E-state index in [4.69, 9.17) is 9.47 Å². The molecule has 3 aliphatic rings. The summed E-state index contributed by atoms with van der Waals surface area (Å²) in [4.78, 5) is 0. The molecule has 4 rings (SSSR count). The molecule has 1 atom stereocenters. The van der Waals surface area contributed by atoms with E-state index in [2.05, 4.69) is 48.6 Å². The van der Waals surface area contributed by atoms with E-state index in [1.165, 1.54) is 0 Å². The molecule has 0 radical (unpaired) electrons. The second-order valence-electron chi connectivity index (χ2n) is 4.76. The van der Waals surface area contributed by atoms with Gasteiger partial charge in [0, 0.05) is 0 Å². The summed E-state index contributed by atoms with van der Waals surface area (Å²) in [6.07, 6.45) is 19.3. The molecule has 0 aromatic heterocycles. The molecule has 2 heteroatoms. The number of allylic oxidation sites excluding steroid dienone is 8. The Hall–Kier alpha value is -2.06. The van der Waals surface area contributed by atoms with Crippen LogP contribution in [0.25, 0.3) is 0 Å². The molecule has 2 nitrogen and oxygen atoms in total. The van der Waals surface area contributed by atoms with Gasteiger partial charge in [0.05, 0.1) is 6.61 Å². The van der Waals surface area contributed by atoms with Gasteiger partial charge in [-0.15, -0.1) is 0 Å². The van der Waals surface area contributed by atoms with Gasteiger partial charge in [-0.1, -0.05) is 66.8 Å². The highest BCUT2D eigenvalue weighted by molar-refractivity contribution is 5.21. The average molecular weight is 282 g/mol. The van der Waals surface area contributed by atoms with Crippen molar-refractivity contribution in [1.82, 2.24) is 0 Å². The third-order valence-corrected chi connectivity index (χ3v) is 2.89.